The Bertz CT molecular complexity index is 518. The average Bonchev–Trinajstić information content (AvgIpc) is 2.72. The van der Waals surface area contributed by atoms with Crippen LogP contribution in [0.1, 0.15) is 19.3 Å². The highest BCUT2D eigenvalue weighted by Crippen LogP contribution is 2.55. The number of fused-ring (bicyclic) bond motifs is 1. The number of hydrogen-bond acceptors (Lipinski definition) is 5. The van der Waals surface area contributed by atoms with Crippen LogP contribution in [0.25, 0.3) is 0 Å². The largest absolute Gasteiger partial charge is 0.468 e. The average molecular weight is 320 g/mol. The first kappa shape index (κ1) is 17.5. The molecule has 0 aromatic rings. The molecule has 1 saturated carbocycles. The zero-order valence-corrected chi connectivity index (χ0v) is 13.7. The zero-order chi connectivity index (χ0) is 17.0. The molecule has 5 heteroatoms. The van der Waals surface area contributed by atoms with Crippen molar-refractivity contribution in [1.29, 1.82) is 0 Å². The van der Waals surface area contributed by atoms with Gasteiger partial charge in [0.05, 0.1) is 26.9 Å². The SMILES string of the molecule is C=CCO[C@@H]1C=CCC[C@@H]2[C@H]1C(=C)CC2(C(=O)OC)C(=O)OC. The summed E-state index contributed by atoms with van der Waals surface area (Å²) < 4.78 is 15.8. The summed E-state index contributed by atoms with van der Waals surface area (Å²) in [5.41, 5.74) is -0.501. The normalized spacial score (nSPS) is 28.6. The minimum absolute atomic E-state index is 0.119. The van der Waals surface area contributed by atoms with E-state index in [-0.39, 0.29) is 24.4 Å². The maximum atomic E-state index is 12.5. The maximum absolute atomic E-state index is 12.5. The third-order valence-corrected chi connectivity index (χ3v) is 4.87. The molecule has 2 aliphatic carbocycles. The smallest absolute Gasteiger partial charge is 0.323 e. The van der Waals surface area contributed by atoms with Gasteiger partial charge in [0, 0.05) is 5.92 Å². The standard InChI is InChI=1S/C18H24O5/c1-5-10-23-14-9-7-6-8-13-15(14)12(2)11-18(13,16(19)21-3)17(20)22-4/h5,7,9,13-15H,1-2,6,8,10-11H2,3-4H3/t13-,14-,15-/m1/s1. The Balaban J connectivity index is 2.45. The van der Waals surface area contributed by atoms with E-state index < -0.39 is 17.4 Å². The van der Waals surface area contributed by atoms with Crippen LogP contribution in [-0.2, 0) is 23.8 Å². The number of carbonyl (C=O) groups excluding carboxylic acids is 2. The van der Waals surface area contributed by atoms with Crippen LogP contribution in [0, 0.1) is 17.3 Å². The molecular formula is C18H24O5. The van der Waals surface area contributed by atoms with Crippen LogP contribution in [0.15, 0.2) is 37.0 Å². The lowest BCUT2D eigenvalue weighted by molar-refractivity contribution is -0.173. The summed E-state index contributed by atoms with van der Waals surface area (Å²) in [5, 5.41) is 0. The van der Waals surface area contributed by atoms with Gasteiger partial charge in [-0.05, 0) is 25.2 Å². The number of allylic oxidation sites excluding steroid dienone is 1. The Kier molecular flexibility index (Phi) is 5.42. The van der Waals surface area contributed by atoms with Gasteiger partial charge in [0.1, 0.15) is 0 Å². The Morgan fingerprint density at radius 2 is 2.00 bits per heavy atom. The molecule has 0 bridgehead atoms. The van der Waals surface area contributed by atoms with E-state index in [1.54, 1.807) is 6.08 Å². The van der Waals surface area contributed by atoms with Crippen molar-refractivity contribution in [2.24, 2.45) is 17.3 Å². The fraction of sp³-hybridized carbons (Fsp3) is 0.556. The summed E-state index contributed by atoms with van der Waals surface area (Å²) in [6.45, 7) is 8.17. The monoisotopic (exact) mass is 320 g/mol. The number of ether oxygens (including phenoxy) is 3. The second kappa shape index (κ2) is 7.13. The van der Waals surface area contributed by atoms with Crippen LogP contribution in [-0.4, -0.2) is 38.9 Å². The first-order valence-electron chi connectivity index (χ1n) is 7.76. The minimum Gasteiger partial charge on any atom is -0.468 e. The molecule has 0 unspecified atom stereocenters. The van der Waals surface area contributed by atoms with E-state index in [1.807, 2.05) is 12.2 Å². The van der Waals surface area contributed by atoms with Gasteiger partial charge >= 0.3 is 11.9 Å². The van der Waals surface area contributed by atoms with Crippen LogP contribution in [0.4, 0.5) is 0 Å². The molecule has 0 N–H and O–H groups in total. The molecule has 0 spiro atoms. The van der Waals surface area contributed by atoms with E-state index >= 15 is 0 Å². The van der Waals surface area contributed by atoms with Crippen molar-refractivity contribution in [2.45, 2.75) is 25.4 Å². The summed E-state index contributed by atoms with van der Waals surface area (Å²) in [6.07, 6.45) is 7.14. The number of esters is 2. The Hall–Kier alpha value is -1.88. The summed E-state index contributed by atoms with van der Waals surface area (Å²) in [5.74, 6) is -1.48. The van der Waals surface area contributed by atoms with Crippen molar-refractivity contribution in [3.8, 4) is 0 Å². The van der Waals surface area contributed by atoms with E-state index in [4.69, 9.17) is 14.2 Å². The molecule has 0 aromatic heterocycles. The van der Waals surface area contributed by atoms with Gasteiger partial charge < -0.3 is 14.2 Å². The van der Waals surface area contributed by atoms with Crippen molar-refractivity contribution < 1.29 is 23.8 Å². The van der Waals surface area contributed by atoms with Crippen LogP contribution in [0.5, 0.6) is 0 Å². The molecule has 0 saturated heterocycles. The summed E-state index contributed by atoms with van der Waals surface area (Å²) in [7, 11) is 2.59. The Labute approximate surface area is 137 Å². The lowest BCUT2D eigenvalue weighted by atomic mass is 9.72. The van der Waals surface area contributed by atoms with E-state index in [0.717, 1.165) is 12.0 Å². The van der Waals surface area contributed by atoms with Crippen LogP contribution in [0.3, 0.4) is 0 Å². The lowest BCUT2D eigenvalue weighted by Gasteiger charge is -2.33. The Morgan fingerprint density at radius 3 is 2.57 bits per heavy atom. The maximum Gasteiger partial charge on any atom is 0.323 e. The topological polar surface area (TPSA) is 61.8 Å². The molecule has 126 valence electrons. The van der Waals surface area contributed by atoms with Crippen molar-refractivity contribution >= 4 is 11.9 Å². The quantitative estimate of drug-likeness (QED) is 0.442. The molecule has 0 heterocycles. The summed E-state index contributed by atoms with van der Waals surface area (Å²) in [4.78, 5) is 25.1. The highest BCUT2D eigenvalue weighted by atomic mass is 16.5. The first-order chi connectivity index (χ1) is 11.0. The number of hydrogen-bond donors (Lipinski definition) is 0. The summed E-state index contributed by atoms with van der Waals surface area (Å²) in [6, 6.07) is 0. The zero-order valence-electron chi connectivity index (χ0n) is 13.7. The van der Waals surface area contributed by atoms with E-state index in [9.17, 15) is 9.59 Å². The fourth-order valence-corrected chi connectivity index (χ4v) is 3.94. The number of carbonyl (C=O) groups is 2. The van der Waals surface area contributed by atoms with E-state index in [2.05, 4.69) is 13.2 Å². The number of rotatable bonds is 5. The van der Waals surface area contributed by atoms with Crippen LogP contribution >= 0.6 is 0 Å². The van der Waals surface area contributed by atoms with Crippen molar-refractivity contribution in [1.82, 2.24) is 0 Å². The van der Waals surface area contributed by atoms with Gasteiger partial charge in [-0.25, -0.2) is 0 Å². The number of methoxy groups -OCH3 is 2. The molecule has 5 nitrogen and oxygen atoms in total. The van der Waals surface area contributed by atoms with Gasteiger partial charge in [0.2, 0.25) is 0 Å². The second-order valence-corrected chi connectivity index (χ2v) is 6.01. The van der Waals surface area contributed by atoms with Gasteiger partial charge in [-0.15, -0.1) is 6.58 Å². The van der Waals surface area contributed by atoms with Gasteiger partial charge in [-0.1, -0.05) is 30.4 Å². The van der Waals surface area contributed by atoms with Crippen LogP contribution < -0.4 is 0 Å². The molecule has 0 amide bonds. The predicted molar refractivity (Wildman–Crippen MR) is 85.5 cm³/mol. The molecule has 2 aliphatic rings. The molecule has 3 atom stereocenters. The van der Waals surface area contributed by atoms with Gasteiger partial charge in [0.25, 0.3) is 0 Å². The van der Waals surface area contributed by atoms with Gasteiger partial charge in [-0.2, -0.15) is 0 Å². The minimum atomic E-state index is -1.33. The molecule has 23 heavy (non-hydrogen) atoms. The molecule has 0 radical (unpaired) electrons. The third kappa shape index (κ3) is 2.85. The van der Waals surface area contributed by atoms with Crippen molar-refractivity contribution in [3.63, 3.8) is 0 Å². The predicted octanol–water partition coefficient (Wildman–Crippen LogP) is 2.43. The Morgan fingerprint density at radius 1 is 1.35 bits per heavy atom. The first-order valence-corrected chi connectivity index (χ1v) is 7.76. The van der Waals surface area contributed by atoms with Gasteiger partial charge in [-0.3, -0.25) is 9.59 Å². The van der Waals surface area contributed by atoms with E-state index in [0.29, 0.717) is 13.0 Å². The molecule has 0 aliphatic heterocycles. The molecule has 0 aromatic carbocycles. The highest BCUT2D eigenvalue weighted by molar-refractivity contribution is 6.01. The van der Waals surface area contributed by atoms with Gasteiger partial charge in [0.15, 0.2) is 5.41 Å². The van der Waals surface area contributed by atoms with Crippen molar-refractivity contribution in [3.05, 3.63) is 37.0 Å². The second-order valence-electron chi connectivity index (χ2n) is 6.01. The highest BCUT2D eigenvalue weighted by Gasteiger charge is 2.63. The molecular weight excluding hydrogens is 296 g/mol. The van der Waals surface area contributed by atoms with Crippen LogP contribution in [0.2, 0.25) is 0 Å². The lowest BCUT2D eigenvalue weighted by Crippen LogP contribution is -2.46. The fourth-order valence-electron chi connectivity index (χ4n) is 3.94. The van der Waals surface area contributed by atoms with E-state index in [1.165, 1.54) is 14.2 Å². The van der Waals surface area contributed by atoms with Crippen molar-refractivity contribution in [2.75, 3.05) is 20.8 Å². The molecule has 2 rings (SSSR count). The third-order valence-electron chi connectivity index (χ3n) is 4.87. The summed E-state index contributed by atoms with van der Waals surface area (Å²) >= 11 is 0. The molecule has 1 fully saturated rings.